The van der Waals surface area contributed by atoms with Crippen molar-refractivity contribution >= 4 is 34.1 Å². The number of H-pyrrole nitrogens is 1. The highest BCUT2D eigenvalue weighted by molar-refractivity contribution is 7.99. The summed E-state index contributed by atoms with van der Waals surface area (Å²) in [6, 6.07) is 30.8. The summed E-state index contributed by atoms with van der Waals surface area (Å²) in [5.74, 6) is -0.141. The number of amides is 1. The molecule has 0 fully saturated rings. The summed E-state index contributed by atoms with van der Waals surface area (Å²) in [7, 11) is 0. The van der Waals surface area contributed by atoms with Crippen LogP contribution in [0.3, 0.4) is 0 Å². The fraction of sp³-hybridized carbons (Fsp3) is 0.0370. The van der Waals surface area contributed by atoms with Gasteiger partial charge < -0.3 is 10.3 Å². The molecule has 2 aromatic heterocycles. The summed E-state index contributed by atoms with van der Waals surface area (Å²) in [5.41, 5.74) is 4.00. The van der Waals surface area contributed by atoms with Crippen LogP contribution in [0.1, 0.15) is 0 Å². The van der Waals surface area contributed by atoms with Gasteiger partial charge in [-0.25, -0.2) is 9.97 Å². The quantitative estimate of drug-likeness (QED) is 0.214. The third kappa shape index (κ3) is 5.56. The normalized spacial score (nSPS) is 10.7. The summed E-state index contributed by atoms with van der Waals surface area (Å²) in [6.45, 7) is 0. The van der Waals surface area contributed by atoms with E-state index in [0.717, 1.165) is 27.3 Å². The average Bonchev–Trinajstić information content (AvgIpc) is 3.32. The van der Waals surface area contributed by atoms with Gasteiger partial charge in [0.2, 0.25) is 5.91 Å². The molecule has 6 nitrogen and oxygen atoms in total. The number of nitrogens with zero attached hydrogens (tertiary/aromatic N) is 2. The Kier molecular flexibility index (Phi) is 6.83. The van der Waals surface area contributed by atoms with E-state index in [2.05, 4.69) is 15.3 Å². The van der Waals surface area contributed by atoms with Crippen LogP contribution in [0.4, 0.5) is 5.13 Å². The number of nitrogens with one attached hydrogen (secondary N) is 2. The third-order valence-corrected chi connectivity index (χ3v) is 6.98. The first-order chi connectivity index (χ1) is 17.2. The monoisotopic (exact) mass is 496 g/mol. The van der Waals surface area contributed by atoms with Crippen molar-refractivity contribution in [2.24, 2.45) is 0 Å². The molecular formula is C27H20N4O2S2. The van der Waals surface area contributed by atoms with Crippen LogP contribution in [0.2, 0.25) is 0 Å². The Hall–Kier alpha value is -4.01. The Bertz CT molecular complexity index is 1440. The Morgan fingerprint density at radius 1 is 0.829 bits per heavy atom. The summed E-state index contributed by atoms with van der Waals surface area (Å²) in [5, 5.41) is 3.81. The van der Waals surface area contributed by atoms with E-state index < -0.39 is 0 Å². The van der Waals surface area contributed by atoms with Gasteiger partial charge in [-0.3, -0.25) is 9.59 Å². The zero-order valence-corrected chi connectivity index (χ0v) is 20.1. The first-order valence-electron chi connectivity index (χ1n) is 10.9. The minimum Gasteiger partial charge on any atom is -0.301 e. The fourth-order valence-electron chi connectivity index (χ4n) is 3.50. The molecule has 3 aromatic carbocycles. The van der Waals surface area contributed by atoms with Crippen LogP contribution in [0.5, 0.6) is 0 Å². The lowest BCUT2D eigenvalue weighted by Crippen LogP contribution is -2.15. The molecule has 35 heavy (non-hydrogen) atoms. The molecule has 2 heterocycles. The second-order valence-electron chi connectivity index (χ2n) is 7.57. The molecule has 0 spiro atoms. The van der Waals surface area contributed by atoms with Gasteiger partial charge in [0.1, 0.15) is 0 Å². The molecule has 5 aromatic rings. The predicted octanol–water partition coefficient (Wildman–Crippen LogP) is 5.96. The van der Waals surface area contributed by atoms with Crippen molar-refractivity contribution in [3.05, 3.63) is 107 Å². The number of rotatable bonds is 7. The van der Waals surface area contributed by atoms with E-state index in [1.807, 2.05) is 91.0 Å². The van der Waals surface area contributed by atoms with Gasteiger partial charge in [0.15, 0.2) is 10.3 Å². The van der Waals surface area contributed by atoms with E-state index in [4.69, 9.17) is 4.98 Å². The molecule has 1 amide bonds. The molecule has 0 unspecified atom stereocenters. The molecule has 0 radical (unpaired) electrons. The number of thioether (sulfide) groups is 1. The molecule has 0 saturated carbocycles. The van der Waals surface area contributed by atoms with Crippen molar-refractivity contribution in [2.45, 2.75) is 5.16 Å². The van der Waals surface area contributed by atoms with E-state index >= 15 is 0 Å². The lowest BCUT2D eigenvalue weighted by molar-refractivity contribution is -0.113. The first kappa shape index (κ1) is 22.8. The fourth-order valence-corrected chi connectivity index (χ4v) is 5.19. The van der Waals surface area contributed by atoms with Crippen LogP contribution < -0.4 is 10.9 Å². The highest BCUT2D eigenvalue weighted by atomic mass is 32.2. The standard InChI is InChI=1S/C27H20N4O2S2/c32-22-16-21(18-10-4-1-5-11-18)28-26(29-22)34-17-23(33)30-27-31-24(19-12-6-2-7-13-19)25(35-27)20-14-8-3-9-15-20/h1-16H,17H2,(H,28,29,32)(H,30,31,33). The molecular weight excluding hydrogens is 476 g/mol. The van der Waals surface area contributed by atoms with Gasteiger partial charge in [-0.15, -0.1) is 0 Å². The number of anilines is 1. The number of aromatic nitrogens is 3. The number of hydrogen-bond donors (Lipinski definition) is 2. The number of hydrogen-bond acceptors (Lipinski definition) is 6. The minimum atomic E-state index is -0.262. The Morgan fingerprint density at radius 2 is 1.43 bits per heavy atom. The van der Waals surface area contributed by atoms with E-state index in [9.17, 15) is 9.59 Å². The van der Waals surface area contributed by atoms with Gasteiger partial charge in [0.25, 0.3) is 5.56 Å². The summed E-state index contributed by atoms with van der Waals surface area (Å²) < 4.78 is 0. The van der Waals surface area contributed by atoms with E-state index in [0.29, 0.717) is 16.0 Å². The Balaban J connectivity index is 1.33. The SMILES string of the molecule is O=C(CSc1nc(-c2ccccc2)cc(=O)[nH]1)Nc1nc(-c2ccccc2)c(-c2ccccc2)s1. The summed E-state index contributed by atoms with van der Waals surface area (Å²) >= 11 is 2.61. The number of aromatic amines is 1. The zero-order chi connectivity index (χ0) is 24.0. The highest BCUT2D eigenvalue weighted by Crippen LogP contribution is 2.39. The molecule has 0 aliphatic heterocycles. The molecule has 0 saturated heterocycles. The third-order valence-electron chi connectivity index (χ3n) is 5.09. The van der Waals surface area contributed by atoms with E-state index in [1.165, 1.54) is 29.2 Å². The second kappa shape index (κ2) is 10.5. The number of benzene rings is 3. The van der Waals surface area contributed by atoms with Crippen molar-refractivity contribution in [3.63, 3.8) is 0 Å². The van der Waals surface area contributed by atoms with Gasteiger partial charge in [-0.1, -0.05) is 114 Å². The van der Waals surface area contributed by atoms with Gasteiger partial charge >= 0.3 is 0 Å². The van der Waals surface area contributed by atoms with Crippen LogP contribution in [0, 0.1) is 0 Å². The number of carbonyl (C=O) groups excluding carboxylic acids is 1. The van der Waals surface area contributed by atoms with Crippen LogP contribution in [-0.2, 0) is 4.79 Å². The lowest BCUT2D eigenvalue weighted by atomic mass is 10.1. The maximum Gasteiger partial charge on any atom is 0.252 e. The predicted molar refractivity (Wildman–Crippen MR) is 143 cm³/mol. The van der Waals surface area contributed by atoms with Crippen molar-refractivity contribution in [1.82, 2.24) is 15.0 Å². The average molecular weight is 497 g/mol. The Morgan fingerprint density at radius 3 is 2.09 bits per heavy atom. The van der Waals surface area contributed by atoms with Crippen molar-refractivity contribution < 1.29 is 4.79 Å². The second-order valence-corrected chi connectivity index (χ2v) is 9.53. The summed E-state index contributed by atoms with van der Waals surface area (Å²) in [4.78, 5) is 37.7. The van der Waals surface area contributed by atoms with Crippen molar-refractivity contribution in [2.75, 3.05) is 11.1 Å². The van der Waals surface area contributed by atoms with Crippen LogP contribution >= 0.6 is 23.1 Å². The first-order valence-corrected chi connectivity index (χ1v) is 12.7. The van der Waals surface area contributed by atoms with Crippen LogP contribution in [0.25, 0.3) is 33.0 Å². The smallest absolute Gasteiger partial charge is 0.252 e. The van der Waals surface area contributed by atoms with Crippen LogP contribution in [-0.4, -0.2) is 26.6 Å². The van der Waals surface area contributed by atoms with E-state index in [-0.39, 0.29) is 17.2 Å². The molecule has 0 aliphatic rings. The molecule has 5 rings (SSSR count). The van der Waals surface area contributed by atoms with Gasteiger partial charge in [-0.05, 0) is 5.56 Å². The zero-order valence-electron chi connectivity index (χ0n) is 18.5. The van der Waals surface area contributed by atoms with Crippen molar-refractivity contribution in [1.29, 1.82) is 0 Å². The van der Waals surface area contributed by atoms with Crippen molar-refractivity contribution in [3.8, 4) is 33.0 Å². The molecule has 2 N–H and O–H groups in total. The molecule has 0 aliphatic carbocycles. The lowest BCUT2D eigenvalue weighted by Gasteiger charge is -2.04. The van der Waals surface area contributed by atoms with Crippen LogP contribution in [0.15, 0.2) is 107 Å². The molecule has 0 atom stereocenters. The number of thiazole rings is 1. The molecule has 172 valence electrons. The molecule has 8 heteroatoms. The summed E-state index contributed by atoms with van der Waals surface area (Å²) in [6.07, 6.45) is 0. The Labute approximate surface area is 210 Å². The highest BCUT2D eigenvalue weighted by Gasteiger charge is 2.17. The van der Waals surface area contributed by atoms with Gasteiger partial charge in [0.05, 0.1) is 22.0 Å². The molecule has 0 bridgehead atoms. The largest absolute Gasteiger partial charge is 0.301 e. The number of carbonyl (C=O) groups is 1. The van der Waals surface area contributed by atoms with Gasteiger partial charge in [-0.2, -0.15) is 0 Å². The van der Waals surface area contributed by atoms with Gasteiger partial charge in [0, 0.05) is 17.2 Å². The van der Waals surface area contributed by atoms with E-state index in [1.54, 1.807) is 0 Å². The minimum absolute atomic E-state index is 0.0854. The maximum absolute atomic E-state index is 12.7. The maximum atomic E-state index is 12.7. The topological polar surface area (TPSA) is 87.7 Å².